The Bertz CT molecular complexity index is 499. The van der Waals surface area contributed by atoms with E-state index in [1.54, 1.807) is 18.2 Å². The Kier molecular flexibility index (Phi) is 4.87. The number of hydrogen-bond acceptors (Lipinski definition) is 3. The van der Waals surface area contributed by atoms with Crippen molar-refractivity contribution in [1.29, 1.82) is 5.26 Å². The zero-order chi connectivity index (χ0) is 12.7. The third-order valence-corrected chi connectivity index (χ3v) is 2.16. The fourth-order valence-corrected chi connectivity index (χ4v) is 1.32. The first kappa shape index (κ1) is 12.9. The van der Waals surface area contributed by atoms with Gasteiger partial charge in [0.15, 0.2) is 0 Å². The van der Waals surface area contributed by atoms with Gasteiger partial charge in [-0.3, -0.25) is 4.79 Å². The summed E-state index contributed by atoms with van der Waals surface area (Å²) in [5.74, 6) is 2.05. The molecule has 0 aromatic heterocycles. The number of carbonyl (C=O) groups excluding carboxylic acids is 1. The molecular formula is C12H10ClN3O. The predicted molar refractivity (Wildman–Crippen MR) is 66.5 cm³/mol. The SMILES string of the molecule is C#CCNC(=O)CNc1cc(Cl)ccc1C#N. The van der Waals surface area contributed by atoms with E-state index >= 15 is 0 Å². The van der Waals surface area contributed by atoms with Crippen molar-refractivity contribution in [3.63, 3.8) is 0 Å². The van der Waals surface area contributed by atoms with Gasteiger partial charge in [-0.2, -0.15) is 5.26 Å². The molecule has 0 atom stereocenters. The number of nitrogens with zero attached hydrogens (tertiary/aromatic N) is 1. The van der Waals surface area contributed by atoms with E-state index in [9.17, 15) is 4.79 Å². The molecule has 0 aliphatic carbocycles. The van der Waals surface area contributed by atoms with Crippen molar-refractivity contribution >= 4 is 23.2 Å². The zero-order valence-corrected chi connectivity index (χ0v) is 9.71. The van der Waals surface area contributed by atoms with Crippen LogP contribution in [0.2, 0.25) is 5.02 Å². The fourth-order valence-electron chi connectivity index (χ4n) is 1.15. The molecule has 17 heavy (non-hydrogen) atoms. The molecule has 0 fully saturated rings. The van der Waals surface area contributed by atoms with Gasteiger partial charge in [-0.15, -0.1) is 6.42 Å². The second-order valence-corrected chi connectivity index (χ2v) is 3.57. The van der Waals surface area contributed by atoms with E-state index < -0.39 is 0 Å². The minimum atomic E-state index is -0.244. The van der Waals surface area contributed by atoms with Gasteiger partial charge in [0.1, 0.15) is 6.07 Å². The second-order valence-electron chi connectivity index (χ2n) is 3.14. The van der Waals surface area contributed by atoms with Crippen LogP contribution >= 0.6 is 11.6 Å². The number of rotatable bonds is 4. The maximum atomic E-state index is 11.3. The van der Waals surface area contributed by atoms with E-state index in [2.05, 4.69) is 16.6 Å². The Morgan fingerprint density at radius 2 is 2.29 bits per heavy atom. The average Bonchev–Trinajstić information content (AvgIpc) is 2.34. The lowest BCUT2D eigenvalue weighted by molar-refractivity contribution is -0.119. The molecule has 0 bridgehead atoms. The second kappa shape index (κ2) is 6.42. The fraction of sp³-hybridized carbons (Fsp3) is 0.167. The van der Waals surface area contributed by atoms with Gasteiger partial charge in [0.25, 0.3) is 0 Å². The molecule has 0 aliphatic heterocycles. The molecule has 0 spiro atoms. The van der Waals surface area contributed by atoms with Crippen molar-refractivity contribution in [2.45, 2.75) is 0 Å². The molecule has 1 amide bonds. The van der Waals surface area contributed by atoms with Crippen LogP contribution in [-0.4, -0.2) is 19.0 Å². The highest BCUT2D eigenvalue weighted by molar-refractivity contribution is 6.30. The van der Waals surface area contributed by atoms with Crippen LogP contribution in [0.1, 0.15) is 5.56 Å². The largest absolute Gasteiger partial charge is 0.375 e. The standard InChI is InChI=1S/C12H10ClN3O/c1-2-5-15-12(17)8-16-11-6-10(13)4-3-9(11)7-14/h1,3-4,6,16H,5,8H2,(H,15,17). The molecule has 1 rings (SSSR count). The Labute approximate surface area is 105 Å². The van der Waals surface area contributed by atoms with E-state index in [0.29, 0.717) is 16.3 Å². The van der Waals surface area contributed by atoms with Gasteiger partial charge in [0, 0.05) is 5.02 Å². The molecule has 4 nitrogen and oxygen atoms in total. The van der Waals surface area contributed by atoms with Gasteiger partial charge < -0.3 is 10.6 Å². The number of nitriles is 1. The summed E-state index contributed by atoms with van der Waals surface area (Å²) >= 11 is 5.80. The first-order chi connectivity index (χ1) is 8.17. The lowest BCUT2D eigenvalue weighted by Crippen LogP contribution is -2.30. The van der Waals surface area contributed by atoms with Gasteiger partial charge in [-0.25, -0.2) is 0 Å². The van der Waals surface area contributed by atoms with Crippen LogP contribution in [0.15, 0.2) is 18.2 Å². The smallest absolute Gasteiger partial charge is 0.240 e. The summed E-state index contributed by atoms with van der Waals surface area (Å²) in [6, 6.07) is 6.80. The van der Waals surface area contributed by atoms with Crippen LogP contribution in [0.5, 0.6) is 0 Å². The highest BCUT2D eigenvalue weighted by Gasteiger charge is 2.04. The Hall–Kier alpha value is -2.17. The summed E-state index contributed by atoms with van der Waals surface area (Å²) in [4.78, 5) is 11.3. The molecule has 1 aromatic carbocycles. The minimum absolute atomic E-state index is 0.0384. The van der Waals surface area contributed by atoms with Crippen molar-refractivity contribution in [3.8, 4) is 18.4 Å². The summed E-state index contributed by atoms with van der Waals surface area (Å²) in [5, 5.41) is 14.7. The average molecular weight is 248 g/mol. The van der Waals surface area contributed by atoms with E-state index in [1.165, 1.54) is 0 Å². The third-order valence-electron chi connectivity index (χ3n) is 1.93. The van der Waals surface area contributed by atoms with Crippen molar-refractivity contribution in [1.82, 2.24) is 5.32 Å². The third kappa shape index (κ3) is 4.06. The van der Waals surface area contributed by atoms with Crippen molar-refractivity contribution < 1.29 is 4.79 Å². The monoisotopic (exact) mass is 247 g/mol. The summed E-state index contributed by atoms with van der Waals surface area (Å²) in [6.07, 6.45) is 5.00. The van der Waals surface area contributed by atoms with E-state index in [1.807, 2.05) is 6.07 Å². The number of anilines is 1. The molecule has 0 heterocycles. The van der Waals surface area contributed by atoms with Gasteiger partial charge >= 0.3 is 0 Å². The number of hydrogen-bond donors (Lipinski definition) is 2. The summed E-state index contributed by atoms with van der Waals surface area (Å²) in [6.45, 7) is 0.220. The van der Waals surface area contributed by atoms with E-state index in [4.69, 9.17) is 23.3 Å². The van der Waals surface area contributed by atoms with Crippen molar-refractivity contribution in [2.24, 2.45) is 0 Å². The normalized spacial score (nSPS) is 8.88. The molecule has 2 N–H and O–H groups in total. The summed E-state index contributed by atoms with van der Waals surface area (Å²) in [7, 11) is 0. The lowest BCUT2D eigenvalue weighted by atomic mass is 10.2. The highest BCUT2D eigenvalue weighted by atomic mass is 35.5. The van der Waals surface area contributed by atoms with E-state index in [-0.39, 0.29) is 19.0 Å². The Balaban J connectivity index is 2.63. The van der Waals surface area contributed by atoms with Crippen LogP contribution in [-0.2, 0) is 4.79 Å². The number of benzene rings is 1. The van der Waals surface area contributed by atoms with Crippen LogP contribution in [0, 0.1) is 23.7 Å². The van der Waals surface area contributed by atoms with Gasteiger partial charge in [0.2, 0.25) is 5.91 Å². The molecule has 86 valence electrons. The number of carbonyl (C=O) groups is 1. The molecule has 1 aromatic rings. The number of amides is 1. The molecule has 5 heteroatoms. The molecule has 0 saturated carbocycles. The molecule has 0 saturated heterocycles. The highest BCUT2D eigenvalue weighted by Crippen LogP contribution is 2.19. The molecular weight excluding hydrogens is 238 g/mol. The zero-order valence-electron chi connectivity index (χ0n) is 8.96. The minimum Gasteiger partial charge on any atom is -0.375 e. The van der Waals surface area contributed by atoms with Crippen molar-refractivity contribution in [3.05, 3.63) is 28.8 Å². The molecule has 0 radical (unpaired) electrons. The summed E-state index contributed by atoms with van der Waals surface area (Å²) in [5.41, 5.74) is 0.954. The van der Waals surface area contributed by atoms with E-state index in [0.717, 1.165) is 0 Å². The first-order valence-corrected chi connectivity index (χ1v) is 5.19. The topological polar surface area (TPSA) is 64.9 Å². The Morgan fingerprint density at radius 3 is 2.94 bits per heavy atom. The van der Waals surface area contributed by atoms with Gasteiger partial charge in [0.05, 0.1) is 24.3 Å². The number of halogens is 1. The maximum Gasteiger partial charge on any atom is 0.240 e. The number of nitrogens with one attached hydrogen (secondary N) is 2. The van der Waals surface area contributed by atoms with Crippen LogP contribution < -0.4 is 10.6 Å². The van der Waals surface area contributed by atoms with Crippen molar-refractivity contribution in [2.75, 3.05) is 18.4 Å². The summed E-state index contributed by atoms with van der Waals surface area (Å²) < 4.78 is 0. The predicted octanol–water partition coefficient (Wildman–Crippen LogP) is 1.37. The quantitative estimate of drug-likeness (QED) is 0.790. The number of terminal acetylenes is 1. The van der Waals surface area contributed by atoms with Crippen LogP contribution in [0.25, 0.3) is 0 Å². The van der Waals surface area contributed by atoms with Crippen LogP contribution in [0.3, 0.4) is 0 Å². The first-order valence-electron chi connectivity index (χ1n) is 4.81. The molecule has 0 aliphatic rings. The van der Waals surface area contributed by atoms with Gasteiger partial charge in [-0.05, 0) is 18.2 Å². The van der Waals surface area contributed by atoms with Gasteiger partial charge in [-0.1, -0.05) is 17.5 Å². The Morgan fingerprint density at radius 1 is 1.53 bits per heavy atom. The molecule has 0 unspecified atom stereocenters. The maximum absolute atomic E-state index is 11.3. The lowest BCUT2D eigenvalue weighted by Gasteiger charge is -2.08. The van der Waals surface area contributed by atoms with Crippen LogP contribution in [0.4, 0.5) is 5.69 Å².